The SMILES string of the molecule is O=S1(=O)CCc2c1ccc1nccc(Nc3ccc(O)cc3)c21. The van der Waals surface area contributed by atoms with E-state index in [0.29, 0.717) is 11.3 Å². The summed E-state index contributed by atoms with van der Waals surface area (Å²) in [6.45, 7) is 0. The van der Waals surface area contributed by atoms with Gasteiger partial charge in [0.2, 0.25) is 0 Å². The number of nitrogens with zero attached hydrogens (tertiary/aromatic N) is 1. The number of rotatable bonds is 2. The van der Waals surface area contributed by atoms with Crippen molar-refractivity contribution < 1.29 is 13.5 Å². The lowest BCUT2D eigenvalue weighted by atomic mass is 10.0. The first-order valence-corrected chi connectivity index (χ1v) is 8.89. The Hall–Kier alpha value is -2.60. The zero-order valence-electron chi connectivity index (χ0n) is 12.2. The number of phenolic OH excluding ortho intramolecular Hbond substituents is 1. The molecule has 116 valence electrons. The van der Waals surface area contributed by atoms with Crippen LogP contribution in [0.3, 0.4) is 0 Å². The van der Waals surface area contributed by atoms with Gasteiger partial charge in [0.25, 0.3) is 0 Å². The van der Waals surface area contributed by atoms with Crippen LogP contribution in [0.2, 0.25) is 0 Å². The predicted octanol–water partition coefficient (Wildman–Crippen LogP) is 3.01. The summed E-state index contributed by atoms with van der Waals surface area (Å²) in [5.74, 6) is 0.344. The quantitative estimate of drug-likeness (QED) is 0.708. The number of hydrogen-bond donors (Lipinski definition) is 2. The minimum absolute atomic E-state index is 0.148. The Kier molecular flexibility index (Phi) is 3.02. The molecule has 2 N–H and O–H groups in total. The summed E-state index contributed by atoms with van der Waals surface area (Å²) < 4.78 is 24.3. The molecule has 4 rings (SSSR count). The van der Waals surface area contributed by atoms with Crippen molar-refractivity contribution in [2.45, 2.75) is 11.3 Å². The number of pyridine rings is 1. The van der Waals surface area contributed by atoms with Gasteiger partial charge in [-0.3, -0.25) is 4.98 Å². The summed E-state index contributed by atoms with van der Waals surface area (Å²) in [7, 11) is -3.18. The molecule has 1 aliphatic rings. The molecule has 0 bridgehead atoms. The first-order valence-electron chi connectivity index (χ1n) is 7.24. The monoisotopic (exact) mass is 326 g/mol. The van der Waals surface area contributed by atoms with E-state index in [0.717, 1.165) is 27.8 Å². The van der Waals surface area contributed by atoms with Gasteiger partial charge in [-0.15, -0.1) is 0 Å². The number of aromatic nitrogens is 1. The van der Waals surface area contributed by atoms with E-state index in [1.807, 2.05) is 6.07 Å². The normalized spacial score (nSPS) is 15.5. The zero-order chi connectivity index (χ0) is 16.0. The van der Waals surface area contributed by atoms with Gasteiger partial charge in [0.1, 0.15) is 5.75 Å². The van der Waals surface area contributed by atoms with Gasteiger partial charge in [0.05, 0.1) is 16.2 Å². The van der Waals surface area contributed by atoms with Crippen molar-refractivity contribution in [3.63, 3.8) is 0 Å². The number of benzene rings is 2. The van der Waals surface area contributed by atoms with E-state index in [9.17, 15) is 13.5 Å². The molecule has 0 saturated heterocycles. The van der Waals surface area contributed by atoms with Crippen LogP contribution in [0.25, 0.3) is 10.9 Å². The lowest BCUT2D eigenvalue weighted by molar-refractivity contribution is 0.475. The second-order valence-corrected chi connectivity index (χ2v) is 7.61. The molecular weight excluding hydrogens is 312 g/mol. The third-order valence-corrected chi connectivity index (χ3v) is 5.87. The van der Waals surface area contributed by atoms with Crippen molar-refractivity contribution in [1.29, 1.82) is 0 Å². The summed E-state index contributed by atoms with van der Waals surface area (Å²) in [5, 5.41) is 13.5. The molecule has 0 amide bonds. The maximum atomic E-state index is 12.1. The van der Waals surface area contributed by atoms with E-state index < -0.39 is 9.84 Å². The van der Waals surface area contributed by atoms with Gasteiger partial charge in [0, 0.05) is 23.0 Å². The molecule has 3 aromatic rings. The first-order chi connectivity index (χ1) is 11.0. The first kappa shape index (κ1) is 14.0. The largest absolute Gasteiger partial charge is 0.508 e. The van der Waals surface area contributed by atoms with E-state index in [1.54, 1.807) is 42.6 Å². The minimum Gasteiger partial charge on any atom is -0.508 e. The van der Waals surface area contributed by atoms with Gasteiger partial charge in [0.15, 0.2) is 9.84 Å². The van der Waals surface area contributed by atoms with E-state index in [-0.39, 0.29) is 11.5 Å². The lowest BCUT2D eigenvalue weighted by Crippen LogP contribution is -1.98. The molecule has 6 heteroatoms. The van der Waals surface area contributed by atoms with E-state index in [2.05, 4.69) is 10.3 Å². The maximum Gasteiger partial charge on any atom is 0.179 e. The maximum absolute atomic E-state index is 12.1. The van der Waals surface area contributed by atoms with Gasteiger partial charge < -0.3 is 10.4 Å². The average Bonchev–Trinajstić information content (AvgIpc) is 2.85. The second kappa shape index (κ2) is 4.96. The van der Waals surface area contributed by atoms with Crippen molar-refractivity contribution >= 4 is 32.1 Å². The van der Waals surface area contributed by atoms with Crippen molar-refractivity contribution in [2.75, 3.05) is 11.1 Å². The van der Waals surface area contributed by atoms with Gasteiger partial charge in [-0.2, -0.15) is 0 Å². The van der Waals surface area contributed by atoms with Crippen molar-refractivity contribution in [1.82, 2.24) is 4.98 Å². The summed E-state index contributed by atoms with van der Waals surface area (Å²) in [6.07, 6.45) is 2.20. The number of hydrogen-bond acceptors (Lipinski definition) is 5. The highest BCUT2D eigenvalue weighted by atomic mass is 32.2. The number of fused-ring (bicyclic) bond motifs is 3. The molecule has 2 aromatic carbocycles. The molecule has 0 aliphatic carbocycles. The second-order valence-electron chi connectivity index (χ2n) is 5.54. The Morgan fingerprint density at radius 3 is 2.61 bits per heavy atom. The predicted molar refractivity (Wildman–Crippen MR) is 88.9 cm³/mol. The summed E-state index contributed by atoms with van der Waals surface area (Å²) in [5.41, 5.74) is 3.23. The van der Waals surface area contributed by atoms with Crippen molar-refractivity contribution in [3.8, 4) is 5.75 Å². The highest BCUT2D eigenvalue weighted by molar-refractivity contribution is 7.91. The molecule has 0 fully saturated rings. The number of sulfone groups is 1. The van der Waals surface area contributed by atoms with Crippen molar-refractivity contribution in [3.05, 3.63) is 54.2 Å². The van der Waals surface area contributed by atoms with E-state index in [4.69, 9.17) is 0 Å². The number of aryl methyl sites for hydroxylation is 1. The minimum atomic E-state index is -3.18. The molecule has 0 radical (unpaired) electrons. The Balaban J connectivity index is 1.90. The van der Waals surface area contributed by atoms with Crippen LogP contribution in [-0.2, 0) is 16.3 Å². The lowest BCUT2D eigenvalue weighted by Gasteiger charge is -2.12. The highest BCUT2D eigenvalue weighted by Gasteiger charge is 2.28. The Bertz CT molecular complexity index is 1010. The number of phenols is 1. The topological polar surface area (TPSA) is 79.3 Å². The third-order valence-electron chi connectivity index (χ3n) is 4.07. The van der Waals surface area contributed by atoms with Gasteiger partial charge in [-0.1, -0.05) is 0 Å². The van der Waals surface area contributed by atoms with Gasteiger partial charge >= 0.3 is 0 Å². The summed E-state index contributed by atoms with van der Waals surface area (Å²) in [6, 6.07) is 12.0. The Morgan fingerprint density at radius 2 is 1.83 bits per heavy atom. The Labute approximate surface area is 133 Å². The molecule has 2 heterocycles. The molecule has 1 aliphatic heterocycles. The molecule has 0 spiro atoms. The zero-order valence-corrected chi connectivity index (χ0v) is 13.0. The van der Waals surface area contributed by atoms with Crippen LogP contribution in [-0.4, -0.2) is 24.3 Å². The molecule has 0 atom stereocenters. The van der Waals surface area contributed by atoms with Crippen LogP contribution in [0.5, 0.6) is 5.75 Å². The van der Waals surface area contributed by atoms with Crippen molar-refractivity contribution in [2.24, 2.45) is 0 Å². The molecule has 1 aromatic heterocycles. The van der Waals surface area contributed by atoms with E-state index in [1.165, 1.54) is 0 Å². The number of anilines is 2. The number of nitrogens with one attached hydrogen (secondary N) is 1. The average molecular weight is 326 g/mol. The van der Waals surface area contributed by atoms with Crippen LogP contribution >= 0.6 is 0 Å². The molecule has 0 unspecified atom stereocenters. The van der Waals surface area contributed by atoms with Gasteiger partial charge in [-0.05, 0) is 54.4 Å². The summed E-state index contributed by atoms with van der Waals surface area (Å²) in [4.78, 5) is 4.76. The number of aromatic hydroxyl groups is 1. The third kappa shape index (κ3) is 2.31. The standard InChI is InChI=1S/C17H14N2O3S/c20-12-3-1-11(2-4-12)19-15-7-9-18-14-5-6-16-13(17(14)15)8-10-23(16,21)22/h1-7,9,20H,8,10H2,(H,18,19). The molecular formula is C17H14N2O3S. The fraction of sp³-hybridized carbons (Fsp3) is 0.118. The fourth-order valence-electron chi connectivity index (χ4n) is 2.99. The van der Waals surface area contributed by atoms with E-state index >= 15 is 0 Å². The molecule has 0 saturated carbocycles. The molecule has 23 heavy (non-hydrogen) atoms. The van der Waals surface area contributed by atoms with Crippen LogP contribution in [0.4, 0.5) is 11.4 Å². The highest BCUT2D eigenvalue weighted by Crippen LogP contribution is 2.36. The Morgan fingerprint density at radius 1 is 1.04 bits per heavy atom. The van der Waals surface area contributed by atoms with Crippen LogP contribution in [0, 0.1) is 0 Å². The van der Waals surface area contributed by atoms with Crippen LogP contribution in [0.15, 0.2) is 53.6 Å². The summed E-state index contributed by atoms with van der Waals surface area (Å²) >= 11 is 0. The fourth-order valence-corrected chi connectivity index (χ4v) is 4.54. The van der Waals surface area contributed by atoms with Gasteiger partial charge in [-0.25, -0.2) is 8.42 Å². The molecule has 5 nitrogen and oxygen atoms in total. The smallest absolute Gasteiger partial charge is 0.179 e. The van der Waals surface area contributed by atoms with Crippen LogP contribution in [0.1, 0.15) is 5.56 Å². The van der Waals surface area contributed by atoms with Crippen LogP contribution < -0.4 is 5.32 Å².